The smallest absolute Gasteiger partial charge is 0.130 e. The number of anilines is 1. The van der Waals surface area contributed by atoms with Crippen LogP contribution in [0.5, 0.6) is 0 Å². The van der Waals surface area contributed by atoms with E-state index in [0.717, 1.165) is 18.2 Å². The maximum absolute atomic E-state index is 14.0. The molecule has 1 saturated carbocycles. The Hall–Kier alpha value is -1.09. The molecule has 1 aromatic rings. The lowest BCUT2D eigenvalue weighted by molar-refractivity contribution is 0.582. The van der Waals surface area contributed by atoms with Crippen LogP contribution >= 0.6 is 0 Å². The number of benzene rings is 1. The molecule has 3 heteroatoms. The van der Waals surface area contributed by atoms with E-state index < -0.39 is 0 Å². The monoisotopic (exact) mass is 250 g/mol. The highest BCUT2D eigenvalue weighted by Crippen LogP contribution is 2.35. The van der Waals surface area contributed by atoms with Gasteiger partial charge in [-0.1, -0.05) is 6.07 Å². The summed E-state index contributed by atoms with van der Waals surface area (Å²) in [6.45, 7) is 7.16. The molecule has 100 valence electrons. The lowest BCUT2D eigenvalue weighted by Crippen LogP contribution is -2.34. The van der Waals surface area contributed by atoms with Gasteiger partial charge in [0.05, 0.1) is 0 Å². The van der Waals surface area contributed by atoms with E-state index in [-0.39, 0.29) is 11.9 Å². The third-order valence-corrected chi connectivity index (χ3v) is 3.57. The van der Waals surface area contributed by atoms with E-state index in [1.165, 1.54) is 18.9 Å². The molecule has 2 rings (SSSR count). The predicted octanol–water partition coefficient (Wildman–Crippen LogP) is 3.47. The lowest BCUT2D eigenvalue weighted by Gasteiger charge is -2.32. The first-order valence-corrected chi connectivity index (χ1v) is 6.81. The molecule has 1 aromatic carbocycles. The second-order valence-corrected chi connectivity index (χ2v) is 5.65. The zero-order chi connectivity index (χ0) is 13.3. The van der Waals surface area contributed by atoms with E-state index in [0.29, 0.717) is 11.6 Å². The first kappa shape index (κ1) is 13.3. The van der Waals surface area contributed by atoms with Crippen LogP contribution in [0.4, 0.5) is 10.1 Å². The van der Waals surface area contributed by atoms with Gasteiger partial charge >= 0.3 is 0 Å². The average Bonchev–Trinajstić information content (AvgIpc) is 3.08. The highest BCUT2D eigenvalue weighted by atomic mass is 19.1. The molecule has 1 aliphatic rings. The largest absolute Gasteiger partial charge is 0.368 e. The first-order chi connectivity index (χ1) is 8.50. The average molecular weight is 250 g/mol. The molecule has 0 amide bonds. The molecule has 1 fully saturated rings. The first-order valence-electron chi connectivity index (χ1n) is 6.81. The van der Waals surface area contributed by atoms with E-state index in [1.807, 2.05) is 13.0 Å². The molecule has 0 saturated heterocycles. The van der Waals surface area contributed by atoms with Crippen LogP contribution in [-0.2, 0) is 0 Å². The fraction of sp³-hybridized carbons (Fsp3) is 0.600. The van der Waals surface area contributed by atoms with Crippen LogP contribution < -0.4 is 10.6 Å². The van der Waals surface area contributed by atoms with Crippen molar-refractivity contribution in [3.05, 3.63) is 29.6 Å². The normalized spacial score (nSPS) is 17.0. The number of rotatable bonds is 5. The van der Waals surface area contributed by atoms with E-state index in [4.69, 9.17) is 5.73 Å². The summed E-state index contributed by atoms with van der Waals surface area (Å²) in [4.78, 5) is 2.29. The van der Waals surface area contributed by atoms with Gasteiger partial charge in [-0.25, -0.2) is 4.39 Å². The minimum Gasteiger partial charge on any atom is -0.368 e. The molecule has 18 heavy (non-hydrogen) atoms. The fourth-order valence-corrected chi connectivity index (χ4v) is 2.39. The highest BCUT2D eigenvalue weighted by molar-refractivity contribution is 5.56. The molecule has 1 aliphatic carbocycles. The molecular formula is C15H23FN2. The Morgan fingerprint density at radius 3 is 2.50 bits per heavy atom. The number of hydrogen-bond donors (Lipinski definition) is 1. The summed E-state index contributed by atoms with van der Waals surface area (Å²) in [5.74, 6) is 0.584. The Kier molecular flexibility index (Phi) is 3.91. The van der Waals surface area contributed by atoms with E-state index in [2.05, 4.69) is 18.7 Å². The lowest BCUT2D eigenvalue weighted by atomic mass is 10.0. The van der Waals surface area contributed by atoms with Crippen molar-refractivity contribution >= 4 is 5.69 Å². The van der Waals surface area contributed by atoms with Gasteiger partial charge in [0, 0.05) is 29.9 Å². The van der Waals surface area contributed by atoms with E-state index in [1.54, 1.807) is 6.07 Å². The van der Waals surface area contributed by atoms with Gasteiger partial charge in [0.15, 0.2) is 0 Å². The highest BCUT2D eigenvalue weighted by Gasteiger charge is 2.27. The molecule has 0 heterocycles. The predicted molar refractivity (Wildman–Crippen MR) is 74.2 cm³/mol. The van der Waals surface area contributed by atoms with Crippen LogP contribution in [0.25, 0.3) is 0 Å². The van der Waals surface area contributed by atoms with Crippen LogP contribution in [0.2, 0.25) is 0 Å². The van der Waals surface area contributed by atoms with Gasteiger partial charge in [-0.15, -0.1) is 0 Å². The van der Waals surface area contributed by atoms with Crippen LogP contribution in [0.1, 0.15) is 45.2 Å². The molecule has 0 bridgehead atoms. The summed E-state index contributed by atoms with van der Waals surface area (Å²) in [7, 11) is 0. The van der Waals surface area contributed by atoms with Gasteiger partial charge in [-0.2, -0.15) is 0 Å². The van der Waals surface area contributed by atoms with Gasteiger partial charge in [0.25, 0.3) is 0 Å². The maximum atomic E-state index is 14.0. The zero-order valence-electron chi connectivity index (χ0n) is 11.5. The van der Waals surface area contributed by atoms with Gasteiger partial charge in [0.1, 0.15) is 5.82 Å². The van der Waals surface area contributed by atoms with Gasteiger partial charge < -0.3 is 10.6 Å². The summed E-state index contributed by atoms with van der Waals surface area (Å²) >= 11 is 0. The number of nitrogens with two attached hydrogens (primary N) is 1. The third-order valence-electron chi connectivity index (χ3n) is 3.57. The zero-order valence-corrected chi connectivity index (χ0v) is 11.5. The summed E-state index contributed by atoms with van der Waals surface area (Å²) in [5.41, 5.74) is 7.54. The molecule has 2 nitrogen and oxygen atoms in total. The Morgan fingerprint density at radius 1 is 1.33 bits per heavy atom. The molecule has 2 N–H and O–H groups in total. The van der Waals surface area contributed by atoms with Crippen molar-refractivity contribution in [1.82, 2.24) is 0 Å². The standard InChI is InChI=1S/C15H23FN2/c1-10(2)18(9-12-7-8-12)14-6-4-5-13(16)15(14)11(3)17/h4-6,10-12H,7-9,17H2,1-3H3/t11-/m1/s1. The minimum absolute atomic E-state index is 0.191. The molecule has 0 aromatic heterocycles. The Balaban J connectivity index is 2.36. The Labute approximate surface area is 109 Å². The summed E-state index contributed by atoms with van der Waals surface area (Å²) in [5, 5.41) is 0. The number of halogens is 1. The molecule has 0 radical (unpaired) electrons. The molecule has 0 unspecified atom stereocenters. The van der Waals surface area contributed by atoms with E-state index in [9.17, 15) is 4.39 Å². The summed E-state index contributed by atoms with van der Waals surface area (Å²) in [6.07, 6.45) is 2.60. The van der Waals surface area contributed by atoms with Crippen LogP contribution in [-0.4, -0.2) is 12.6 Å². The van der Waals surface area contributed by atoms with Crippen molar-refractivity contribution in [2.75, 3.05) is 11.4 Å². The van der Waals surface area contributed by atoms with Crippen LogP contribution in [0.3, 0.4) is 0 Å². The maximum Gasteiger partial charge on any atom is 0.130 e. The fourth-order valence-electron chi connectivity index (χ4n) is 2.39. The second kappa shape index (κ2) is 5.27. The summed E-state index contributed by atoms with van der Waals surface area (Å²) in [6, 6.07) is 5.35. The Morgan fingerprint density at radius 2 is 2.00 bits per heavy atom. The Bertz CT molecular complexity index is 411. The van der Waals surface area contributed by atoms with Crippen molar-refractivity contribution in [3.63, 3.8) is 0 Å². The van der Waals surface area contributed by atoms with Gasteiger partial charge in [-0.05, 0) is 51.7 Å². The van der Waals surface area contributed by atoms with Gasteiger partial charge in [-0.3, -0.25) is 0 Å². The minimum atomic E-state index is -0.276. The third kappa shape index (κ3) is 2.83. The number of nitrogens with zero attached hydrogens (tertiary/aromatic N) is 1. The molecule has 0 spiro atoms. The van der Waals surface area contributed by atoms with Crippen LogP contribution in [0, 0.1) is 11.7 Å². The van der Waals surface area contributed by atoms with E-state index >= 15 is 0 Å². The van der Waals surface area contributed by atoms with Crippen molar-refractivity contribution in [3.8, 4) is 0 Å². The topological polar surface area (TPSA) is 29.3 Å². The quantitative estimate of drug-likeness (QED) is 0.867. The molecule has 1 atom stereocenters. The summed E-state index contributed by atoms with van der Waals surface area (Å²) < 4.78 is 14.0. The molecule has 0 aliphatic heterocycles. The van der Waals surface area contributed by atoms with Crippen molar-refractivity contribution in [1.29, 1.82) is 0 Å². The van der Waals surface area contributed by atoms with Crippen molar-refractivity contribution in [2.24, 2.45) is 11.7 Å². The van der Waals surface area contributed by atoms with Crippen molar-refractivity contribution in [2.45, 2.75) is 45.7 Å². The number of hydrogen-bond acceptors (Lipinski definition) is 2. The van der Waals surface area contributed by atoms with Crippen LogP contribution in [0.15, 0.2) is 18.2 Å². The SMILES string of the molecule is CC(C)N(CC1CC1)c1cccc(F)c1[C@@H](C)N. The van der Waals surface area contributed by atoms with Crippen molar-refractivity contribution < 1.29 is 4.39 Å². The second-order valence-electron chi connectivity index (χ2n) is 5.65. The molecular weight excluding hydrogens is 227 g/mol. The van der Waals surface area contributed by atoms with Gasteiger partial charge in [0.2, 0.25) is 0 Å².